The minimum atomic E-state index is -0.425. The fourth-order valence-electron chi connectivity index (χ4n) is 4.76. The summed E-state index contributed by atoms with van der Waals surface area (Å²) >= 11 is 2.75. The SMILES string of the molecule is CCCc1ccc2c(N)c(C(=O)Nc3sc4c(c3C(=O)OC)CCC(c3ccccc3)C4)sc2n1. The highest BCUT2D eigenvalue weighted by molar-refractivity contribution is 7.21. The first-order chi connectivity index (χ1) is 17.0. The zero-order valence-electron chi connectivity index (χ0n) is 19.7. The molecule has 1 aliphatic carbocycles. The number of carbonyl (C=O) groups is 2. The van der Waals surface area contributed by atoms with Crippen LogP contribution in [0.4, 0.5) is 10.7 Å². The van der Waals surface area contributed by atoms with Crippen LogP contribution in [0.15, 0.2) is 42.5 Å². The predicted molar refractivity (Wildman–Crippen MR) is 143 cm³/mol. The highest BCUT2D eigenvalue weighted by atomic mass is 32.1. The maximum Gasteiger partial charge on any atom is 0.341 e. The first-order valence-electron chi connectivity index (χ1n) is 11.8. The highest BCUT2D eigenvalue weighted by Crippen LogP contribution is 2.43. The normalized spacial score (nSPS) is 15.1. The summed E-state index contributed by atoms with van der Waals surface area (Å²) in [6.45, 7) is 2.11. The van der Waals surface area contributed by atoms with E-state index in [1.807, 2.05) is 18.2 Å². The van der Waals surface area contributed by atoms with E-state index in [0.29, 0.717) is 27.0 Å². The largest absolute Gasteiger partial charge is 0.465 e. The van der Waals surface area contributed by atoms with Gasteiger partial charge in [0, 0.05) is 16.0 Å². The number of aryl methyl sites for hydroxylation is 1. The number of anilines is 2. The van der Waals surface area contributed by atoms with Gasteiger partial charge in [0.1, 0.15) is 14.7 Å². The number of amides is 1. The number of ether oxygens (including phenoxy) is 1. The molecule has 3 N–H and O–H groups in total. The van der Waals surface area contributed by atoms with Gasteiger partial charge in [-0.05, 0) is 54.9 Å². The Bertz CT molecular complexity index is 1410. The molecule has 1 aliphatic rings. The zero-order chi connectivity index (χ0) is 24.5. The number of nitrogens with one attached hydrogen (secondary N) is 1. The van der Waals surface area contributed by atoms with Crippen molar-refractivity contribution in [1.82, 2.24) is 4.98 Å². The van der Waals surface area contributed by atoms with Crippen LogP contribution in [0, 0.1) is 0 Å². The number of benzene rings is 1. The first-order valence-corrected chi connectivity index (χ1v) is 13.4. The van der Waals surface area contributed by atoms with Crippen LogP contribution in [0.2, 0.25) is 0 Å². The predicted octanol–water partition coefficient (Wildman–Crippen LogP) is 6.20. The lowest BCUT2D eigenvalue weighted by Crippen LogP contribution is -2.16. The van der Waals surface area contributed by atoms with Crippen molar-refractivity contribution in [2.45, 2.75) is 44.9 Å². The molecule has 6 nitrogen and oxygen atoms in total. The van der Waals surface area contributed by atoms with Gasteiger partial charge in [-0.3, -0.25) is 4.79 Å². The maximum atomic E-state index is 13.3. The number of carbonyl (C=O) groups excluding carboxylic acids is 2. The molecule has 4 aromatic rings. The monoisotopic (exact) mass is 505 g/mol. The van der Waals surface area contributed by atoms with E-state index in [1.54, 1.807) is 0 Å². The molecule has 1 amide bonds. The molecule has 0 fully saturated rings. The molecule has 0 bridgehead atoms. The van der Waals surface area contributed by atoms with E-state index in [9.17, 15) is 9.59 Å². The molecule has 0 spiro atoms. The minimum Gasteiger partial charge on any atom is -0.465 e. The van der Waals surface area contributed by atoms with E-state index in [0.717, 1.165) is 58.5 Å². The van der Waals surface area contributed by atoms with Crippen LogP contribution in [0.1, 0.15) is 67.4 Å². The Morgan fingerprint density at radius 3 is 2.71 bits per heavy atom. The lowest BCUT2D eigenvalue weighted by molar-refractivity contribution is 0.0601. The van der Waals surface area contributed by atoms with Gasteiger partial charge in [0.15, 0.2) is 0 Å². The van der Waals surface area contributed by atoms with E-state index in [4.69, 9.17) is 10.5 Å². The summed E-state index contributed by atoms with van der Waals surface area (Å²) in [7, 11) is 1.37. The van der Waals surface area contributed by atoms with Gasteiger partial charge in [0.2, 0.25) is 0 Å². The van der Waals surface area contributed by atoms with Gasteiger partial charge in [0.25, 0.3) is 5.91 Å². The highest BCUT2D eigenvalue weighted by Gasteiger charge is 2.31. The molecule has 3 heterocycles. The number of pyridine rings is 1. The molecule has 1 unspecified atom stereocenters. The molecular formula is C27H27N3O3S2. The van der Waals surface area contributed by atoms with Gasteiger partial charge in [-0.1, -0.05) is 43.7 Å². The summed E-state index contributed by atoms with van der Waals surface area (Å²) in [5, 5.41) is 4.28. The molecule has 0 saturated heterocycles. The summed E-state index contributed by atoms with van der Waals surface area (Å²) in [6, 6.07) is 14.3. The lowest BCUT2D eigenvalue weighted by atomic mass is 9.83. The summed E-state index contributed by atoms with van der Waals surface area (Å²) in [5.74, 6) is -0.366. The quantitative estimate of drug-likeness (QED) is 0.304. The molecular weight excluding hydrogens is 478 g/mol. The molecule has 1 atom stereocenters. The Kier molecular flexibility index (Phi) is 6.58. The Labute approximate surface area is 212 Å². The van der Waals surface area contributed by atoms with Crippen LogP contribution in [0.5, 0.6) is 0 Å². The summed E-state index contributed by atoms with van der Waals surface area (Å²) in [6.07, 6.45) is 4.42. The van der Waals surface area contributed by atoms with Gasteiger partial charge >= 0.3 is 5.97 Å². The third-order valence-electron chi connectivity index (χ3n) is 6.52. The molecule has 0 saturated carbocycles. The Balaban J connectivity index is 1.46. The third-order valence-corrected chi connectivity index (χ3v) is 8.80. The number of nitrogens with two attached hydrogens (primary N) is 1. The van der Waals surface area contributed by atoms with Crippen LogP contribution >= 0.6 is 22.7 Å². The number of nitrogens with zero attached hydrogens (tertiary/aromatic N) is 1. The van der Waals surface area contributed by atoms with Crippen molar-refractivity contribution >= 4 is 55.5 Å². The van der Waals surface area contributed by atoms with Gasteiger partial charge in [-0.15, -0.1) is 22.7 Å². The summed E-state index contributed by atoms with van der Waals surface area (Å²) in [5.41, 5.74) is 10.5. The fraction of sp³-hybridized carbons (Fsp3) is 0.296. The molecule has 8 heteroatoms. The van der Waals surface area contributed by atoms with E-state index >= 15 is 0 Å². The van der Waals surface area contributed by atoms with Gasteiger partial charge < -0.3 is 15.8 Å². The van der Waals surface area contributed by atoms with Gasteiger partial charge in [-0.25, -0.2) is 9.78 Å². The zero-order valence-corrected chi connectivity index (χ0v) is 21.4. The fourth-order valence-corrected chi connectivity index (χ4v) is 7.08. The lowest BCUT2D eigenvalue weighted by Gasteiger charge is -2.22. The maximum absolute atomic E-state index is 13.3. The topological polar surface area (TPSA) is 94.3 Å². The van der Waals surface area contributed by atoms with Crippen molar-refractivity contribution in [3.05, 3.63) is 74.6 Å². The number of rotatable bonds is 6. The number of methoxy groups -OCH3 is 1. The smallest absolute Gasteiger partial charge is 0.341 e. The van der Waals surface area contributed by atoms with Crippen molar-refractivity contribution in [1.29, 1.82) is 0 Å². The van der Waals surface area contributed by atoms with E-state index in [2.05, 4.69) is 41.5 Å². The van der Waals surface area contributed by atoms with E-state index in [1.165, 1.54) is 35.3 Å². The van der Waals surface area contributed by atoms with Crippen molar-refractivity contribution < 1.29 is 14.3 Å². The molecule has 180 valence electrons. The number of hydrogen-bond donors (Lipinski definition) is 2. The molecule has 1 aromatic carbocycles. The number of fused-ring (bicyclic) bond motifs is 2. The second-order valence-electron chi connectivity index (χ2n) is 8.75. The number of aromatic nitrogens is 1. The second kappa shape index (κ2) is 9.79. The Morgan fingerprint density at radius 1 is 1.17 bits per heavy atom. The van der Waals surface area contributed by atoms with Crippen LogP contribution in [-0.4, -0.2) is 24.0 Å². The average Bonchev–Trinajstić information content (AvgIpc) is 3.40. The number of nitrogen functional groups attached to an aromatic ring is 1. The summed E-state index contributed by atoms with van der Waals surface area (Å²) in [4.78, 5) is 33.0. The number of esters is 1. The van der Waals surface area contributed by atoms with Crippen LogP contribution in [-0.2, 0) is 24.0 Å². The average molecular weight is 506 g/mol. The standard InChI is InChI=1S/C27H27N3O3S2/c1-3-7-17-11-13-19-22(28)23(35-25(19)29-17)24(31)30-26-21(27(32)33-2)18-12-10-16(14-20(18)34-26)15-8-5-4-6-9-15/h4-6,8-9,11,13,16H,3,7,10,12,14,28H2,1-2H3,(H,30,31). The van der Waals surface area contributed by atoms with Crippen molar-refractivity contribution in [2.24, 2.45) is 0 Å². The molecule has 35 heavy (non-hydrogen) atoms. The number of hydrogen-bond acceptors (Lipinski definition) is 7. The van der Waals surface area contributed by atoms with Crippen molar-refractivity contribution in [3.63, 3.8) is 0 Å². The third kappa shape index (κ3) is 4.44. The molecule has 5 rings (SSSR count). The van der Waals surface area contributed by atoms with Crippen LogP contribution in [0.3, 0.4) is 0 Å². The Hall–Kier alpha value is -3.23. The van der Waals surface area contributed by atoms with E-state index < -0.39 is 5.97 Å². The van der Waals surface area contributed by atoms with Crippen molar-refractivity contribution in [2.75, 3.05) is 18.2 Å². The van der Waals surface area contributed by atoms with E-state index in [-0.39, 0.29) is 5.91 Å². The van der Waals surface area contributed by atoms with Gasteiger partial charge in [0.05, 0.1) is 18.4 Å². The molecule has 0 aliphatic heterocycles. The van der Waals surface area contributed by atoms with Crippen LogP contribution < -0.4 is 11.1 Å². The summed E-state index contributed by atoms with van der Waals surface area (Å²) < 4.78 is 5.09. The van der Waals surface area contributed by atoms with Gasteiger partial charge in [-0.2, -0.15) is 0 Å². The first kappa shape index (κ1) is 23.5. The molecule has 3 aromatic heterocycles. The van der Waals surface area contributed by atoms with Crippen molar-refractivity contribution in [3.8, 4) is 0 Å². The number of thiophene rings is 2. The molecule has 0 radical (unpaired) electrons. The minimum absolute atomic E-state index is 0.328. The Morgan fingerprint density at radius 2 is 1.97 bits per heavy atom. The second-order valence-corrected chi connectivity index (χ2v) is 10.9. The van der Waals surface area contributed by atoms with Crippen LogP contribution in [0.25, 0.3) is 10.2 Å².